The van der Waals surface area contributed by atoms with E-state index >= 15 is 0 Å². The molecule has 0 spiro atoms. The topological polar surface area (TPSA) is 128 Å². The minimum absolute atomic E-state index is 0.125. The molecular weight excluding hydrogens is 398 g/mol. The van der Waals surface area contributed by atoms with Gasteiger partial charge in [0.1, 0.15) is 12.4 Å². The van der Waals surface area contributed by atoms with Crippen LogP contribution in [0.15, 0.2) is 54.6 Å². The Morgan fingerprint density at radius 2 is 1.71 bits per heavy atom. The maximum absolute atomic E-state index is 11.2. The highest BCUT2D eigenvalue weighted by Gasteiger charge is 2.11. The fourth-order valence-corrected chi connectivity index (χ4v) is 3.16. The fourth-order valence-electron chi connectivity index (χ4n) is 3.16. The molecule has 4 N–H and O–H groups in total. The quantitative estimate of drug-likeness (QED) is 0.317. The fraction of sp³-hybridized carbons (Fsp3) is 0.261. The molecule has 31 heavy (non-hydrogen) atoms. The van der Waals surface area contributed by atoms with Crippen molar-refractivity contribution in [1.29, 1.82) is 0 Å². The van der Waals surface area contributed by atoms with E-state index < -0.39 is 5.97 Å². The number of aromatic carboxylic acids is 1. The zero-order valence-corrected chi connectivity index (χ0v) is 17.0. The summed E-state index contributed by atoms with van der Waals surface area (Å²) in [4.78, 5) is 24.7. The highest BCUT2D eigenvalue weighted by molar-refractivity contribution is 5.87. The Hall–Kier alpha value is -3.49. The molecule has 0 unspecified atom stereocenters. The van der Waals surface area contributed by atoms with E-state index in [0.29, 0.717) is 42.5 Å². The maximum atomic E-state index is 11.2. The van der Waals surface area contributed by atoms with Crippen molar-refractivity contribution in [1.82, 2.24) is 9.97 Å². The molecule has 0 amide bonds. The van der Waals surface area contributed by atoms with E-state index in [0.717, 1.165) is 24.1 Å². The average molecular weight is 423 g/mol. The van der Waals surface area contributed by atoms with Crippen molar-refractivity contribution in [3.63, 3.8) is 0 Å². The molecule has 0 saturated carbocycles. The summed E-state index contributed by atoms with van der Waals surface area (Å²) in [7, 11) is 0. The third-order valence-electron chi connectivity index (χ3n) is 4.70. The molecule has 0 aliphatic carbocycles. The third-order valence-corrected chi connectivity index (χ3v) is 4.70. The van der Waals surface area contributed by atoms with Gasteiger partial charge in [0, 0.05) is 11.8 Å². The predicted molar refractivity (Wildman–Crippen MR) is 114 cm³/mol. The molecule has 0 atom stereocenters. The molecule has 0 fully saturated rings. The number of unbranched alkanes of at least 4 members (excludes halogenated alkanes) is 1. The first-order chi connectivity index (χ1) is 15.1. The molecule has 8 nitrogen and oxygen atoms in total. The van der Waals surface area contributed by atoms with Crippen LogP contribution in [0.5, 0.6) is 11.6 Å². The van der Waals surface area contributed by atoms with Crippen LogP contribution in [0.2, 0.25) is 0 Å². The Morgan fingerprint density at radius 1 is 0.968 bits per heavy atom. The van der Waals surface area contributed by atoms with Crippen LogP contribution in [-0.2, 0) is 26.1 Å². The summed E-state index contributed by atoms with van der Waals surface area (Å²) in [6.45, 7) is 0.125. The normalized spacial score (nSPS) is 10.6. The van der Waals surface area contributed by atoms with Crippen LogP contribution < -0.4 is 15.5 Å². The summed E-state index contributed by atoms with van der Waals surface area (Å²) in [6, 6.07) is 16.2. The number of ether oxygens (including phenoxy) is 1. The summed E-state index contributed by atoms with van der Waals surface area (Å²) in [6.07, 6.45) is 2.75. The van der Waals surface area contributed by atoms with E-state index in [1.54, 1.807) is 12.1 Å². The van der Waals surface area contributed by atoms with Gasteiger partial charge >= 0.3 is 5.97 Å². The summed E-state index contributed by atoms with van der Waals surface area (Å²) in [5, 5.41) is 18.5. The van der Waals surface area contributed by atoms with Gasteiger partial charge < -0.3 is 19.8 Å². The van der Waals surface area contributed by atoms with Crippen molar-refractivity contribution in [2.75, 3.05) is 0 Å². The lowest BCUT2D eigenvalue weighted by Gasteiger charge is -2.12. The van der Waals surface area contributed by atoms with Crippen LogP contribution in [0, 0.1) is 0 Å². The number of aromatic nitrogens is 2. The van der Waals surface area contributed by atoms with Crippen molar-refractivity contribution in [3.8, 4) is 11.6 Å². The Balaban J connectivity index is 1.61. The first-order valence-electron chi connectivity index (χ1n) is 9.96. The average Bonchev–Trinajstić information content (AvgIpc) is 2.81. The van der Waals surface area contributed by atoms with Gasteiger partial charge in [0.2, 0.25) is 5.88 Å². The maximum Gasteiger partial charge on any atom is 0.335 e. The number of carbonyl (C=O) groups is 1. The molecule has 3 rings (SSSR count). The monoisotopic (exact) mass is 423 g/mol. The number of nitrogens with two attached hydrogens (primary N) is 1. The standard InChI is InChI=1S/C23H25N3O5/c24-31-22-11-10-21(30-15-16-6-2-1-3-7-16)20(26-22)9-5-4-8-18-12-17(23(28)29)13-19(14-27)25-18/h1-3,6-7,10-13,27H,4-5,8-9,14-15,24H2,(H,28,29). The minimum atomic E-state index is -1.04. The molecule has 0 aliphatic heterocycles. The summed E-state index contributed by atoms with van der Waals surface area (Å²) < 4.78 is 5.95. The number of aliphatic hydroxyl groups excluding tert-OH is 1. The van der Waals surface area contributed by atoms with Gasteiger partial charge in [-0.1, -0.05) is 30.3 Å². The second-order valence-corrected chi connectivity index (χ2v) is 7.00. The van der Waals surface area contributed by atoms with E-state index in [2.05, 4.69) is 9.97 Å². The largest absolute Gasteiger partial charge is 0.487 e. The molecule has 8 heteroatoms. The molecule has 2 heterocycles. The number of hydrogen-bond donors (Lipinski definition) is 3. The molecule has 3 aromatic rings. The second-order valence-electron chi connectivity index (χ2n) is 7.00. The van der Waals surface area contributed by atoms with E-state index in [4.69, 9.17) is 15.5 Å². The zero-order chi connectivity index (χ0) is 22.1. The van der Waals surface area contributed by atoms with Crippen molar-refractivity contribution in [2.24, 2.45) is 5.90 Å². The Bertz CT molecular complexity index is 1010. The molecule has 0 saturated heterocycles. The number of rotatable bonds is 11. The molecule has 2 aromatic heterocycles. The third kappa shape index (κ3) is 6.50. The Morgan fingerprint density at radius 3 is 2.42 bits per heavy atom. The lowest BCUT2D eigenvalue weighted by atomic mass is 10.1. The van der Waals surface area contributed by atoms with Crippen LogP contribution in [0.4, 0.5) is 0 Å². The first-order valence-corrected chi connectivity index (χ1v) is 9.96. The number of carboxylic acid groups (broad SMARTS) is 1. The van der Waals surface area contributed by atoms with Crippen LogP contribution in [-0.4, -0.2) is 26.2 Å². The zero-order valence-electron chi connectivity index (χ0n) is 17.0. The Labute approximate surface area is 180 Å². The number of benzene rings is 1. The lowest BCUT2D eigenvalue weighted by Crippen LogP contribution is -2.07. The van der Waals surface area contributed by atoms with Gasteiger partial charge in [0.05, 0.1) is 23.6 Å². The SMILES string of the molecule is NOc1ccc(OCc2ccccc2)c(CCCCc2cc(C(=O)O)cc(CO)n2)n1. The van der Waals surface area contributed by atoms with Gasteiger partial charge in [-0.05, 0) is 49.4 Å². The van der Waals surface area contributed by atoms with Gasteiger partial charge in [-0.25, -0.2) is 9.78 Å². The van der Waals surface area contributed by atoms with Crippen molar-refractivity contribution >= 4 is 5.97 Å². The summed E-state index contributed by atoms with van der Waals surface area (Å²) in [5.41, 5.74) is 2.90. The lowest BCUT2D eigenvalue weighted by molar-refractivity contribution is 0.0696. The predicted octanol–water partition coefficient (Wildman–Crippen LogP) is 3.06. The Kier molecular flexibility index (Phi) is 7.91. The molecule has 0 bridgehead atoms. The van der Waals surface area contributed by atoms with Crippen molar-refractivity contribution < 1.29 is 24.6 Å². The minimum Gasteiger partial charge on any atom is -0.487 e. The molecule has 162 valence electrons. The van der Waals surface area contributed by atoms with Gasteiger partial charge in [-0.3, -0.25) is 4.98 Å². The van der Waals surface area contributed by atoms with Gasteiger partial charge in [-0.15, -0.1) is 0 Å². The van der Waals surface area contributed by atoms with E-state index in [1.165, 1.54) is 12.1 Å². The number of pyridine rings is 2. The molecule has 0 aliphatic rings. The molecule has 0 radical (unpaired) electrons. The number of nitrogens with zero attached hydrogens (tertiary/aromatic N) is 2. The second kappa shape index (κ2) is 11.1. The van der Waals surface area contributed by atoms with Gasteiger partial charge in [-0.2, -0.15) is 5.90 Å². The van der Waals surface area contributed by atoms with Gasteiger partial charge in [0.25, 0.3) is 0 Å². The van der Waals surface area contributed by atoms with E-state index in [1.807, 2.05) is 30.3 Å². The van der Waals surface area contributed by atoms with Gasteiger partial charge in [0.15, 0.2) is 0 Å². The highest BCUT2D eigenvalue weighted by atomic mass is 16.6. The van der Waals surface area contributed by atoms with Crippen molar-refractivity contribution in [2.45, 2.75) is 38.9 Å². The highest BCUT2D eigenvalue weighted by Crippen LogP contribution is 2.23. The number of aliphatic hydroxyl groups is 1. The van der Waals surface area contributed by atoms with Crippen molar-refractivity contribution in [3.05, 3.63) is 82.8 Å². The first kappa shape index (κ1) is 22.2. The number of carboxylic acids is 1. The van der Waals surface area contributed by atoms with E-state index in [9.17, 15) is 15.0 Å². The summed E-state index contributed by atoms with van der Waals surface area (Å²) in [5.74, 6) is 5.19. The molecule has 1 aromatic carbocycles. The van der Waals surface area contributed by atoms with Crippen LogP contribution >= 0.6 is 0 Å². The van der Waals surface area contributed by atoms with Crippen LogP contribution in [0.25, 0.3) is 0 Å². The summed E-state index contributed by atoms with van der Waals surface area (Å²) >= 11 is 0. The smallest absolute Gasteiger partial charge is 0.335 e. The van der Waals surface area contributed by atoms with E-state index in [-0.39, 0.29) is 12.2 Å². The number of hydrogen-bond acceptors (Lipinski definition) is 7. The number of aryl methyl sites for hydroxylation is 2. The van der Waals surface area contributed by atoms with Crippen LogP contribution in [0.3, 0.4) is 0 Å². The van der Waals surface area contributed by atoms with Crippen LogP contribution in [0.1, 0.15) is 45.8 Å². The molecular formula is C23H25N3O5.